The molecule has 0 radical (unpaired) electrons. The highest BCUT2D eigenvalue weighted by Gasteiger charge is 2.18. The van der Waals surface area contributed by atoms with E-state index in [2.05, 4.69) is 70.9 Å². The lowest BCUT2D eigenvalue weighted by Crippen LogP contribution is -2.31. The van der Waals surface area contributed by atoms with Gasteiger partial charge in [0.25, 0.3) is 0 Å². The molecule has 0 aromatic heterocycles. The molecule has 2 nitrogen and oxygen atoms in total. The van der Waals surface area contributed by atoms with Gasteiger partial charge in [-0.25, -0.2) is 0 Å². The van der Waals surface area contributed by atoms with E-state index in [1.807, 2.05) is 0 Å². The quantitative estimate of drug-likeness (QED) is 0.917. The van der Waals surface area contributed by atoms with Crippen LogP contribution in [-0.4, -0.2) is 24.5 Å². The van der Waals surface area contributed by atoms with Gasteiger partial charge in [0.15, 0.2) is 0 Å². The monoisotopic (exact) mass is 266 g/mol. The maximum absolute atomic E-state index is 3.67. The summed E-state index contributed by atoms with van der Waals surface area (Å²) in [6.07, 6.45) is 1.22. The molecule has 1 saturated heterocycles. The van der Waals surface area contributed by atoms with E-state index in [9.17, 15) is 0 Å². The highest BCUT2D eigenvalue weighted by Crippen LogP contribution is 2.18. The summed E-state index contributed by atoms with van der Waals surface area (Å²) in [5.41, 5.74) is 2.80. The fraction of sp³-hybridized carbons (Fsp3) is 0.333. The molecular formula is C18H22N2. The van der Waals surface area contributed by atoms with Crippen molar-refractivity contribution >= 4 is 0 Å². The fourth-order valence-electron chi connectivity index (χ4n) is 2.89. The minimum Gasteiger partial charge on any atom is -0.309 e. The fourth-order valence-corrected chi connectivity index (χ4v) is 2.89. The topological polar surface area (TPSA) is 15.3 Å². The lowest BCUT2D eigenvalue weighted by Gasteiger charge is -2.24. The van der Waals surface area contributed by atoms with Gasteiger partial charge in [-0.2, -0.15) is 0 Å². The molecule has 20 heavy (non-hydrogen) atoms. The molecule has 1 heterocycles. The van der Waals surface area contributed by atoms with Crippen molar-refractivity contribution in [3.05, 3.63) is 71.8 Å². The summed E-state index contributed by atoms with van der Waals surface area (Å²) in [4.78, 5) is 2.56. The Morgan fingerprint density at radius 2 is 1.65 bits per heavy atom. The molecule has 1 fully saturated rings. The van der Waals surface area contributed by atoms with Crippen molar-refractivity contribution < 1.29 is 0 Å². The molecule has 2 aromatic carbocycles. The molecule has 0 aliphatic carbocycles. The molecule has 1 N–H and O–H groups in total. The van der Waals surface area contributed by atoms with Gasteiger partial charge in [0.2, 0.25) is 0 Å². The number of hydrogen-bond acceptors (Lipinski definition) is 2. The minimum atomic E-state index is 0.447. The van der Waals surface area contributed by atoms with E-state index >= 15 is 0 Å². The first-order valence-corrected chi connectivity index (χ1v) is 7.46. The summed E-state index contributed by atoms with van der Waals surface area (Å²) in [7, 11) is 0. The molecule has 1 aliphatic heterocycles. The minimum absolute atomic E-state index is 0.447. The van der Waals surface area contributed by atoms with E-state index in [0.717, 1.165) is 19.6 Å². The summed E-state index contributed by atoms with van der Waals surface area (Å²) < 4.78 is 0. The smallest absolute Gasteiger partial charge is 0.0449 e. The molecule has 2 heteroatoms. The van der Waals surface area contributed by atoms with Crippen LogP contribution in [0.15, 0.2) is 60.7 Å². The Hall–Kier alpha value is -1.64. The van der Waals surface area contributed by atoms with E-state index in [1.165, 1.54) is 24.1 Å². The van der Waals surface area contributed by atoms with Crippen LogP contribution >= 0.6 is 0 Å². The van der Waals surface area contributed by atoms with Crippen molar-refractivity contribution in [1.29, 1.82) is 0 Å². The van der Waals surface area contributed by atoms with Crippen LogP contribution in [0, 0.1) is 0 Å². The van der Waals surface area contributed by atoms with Crippen LogP contribution in [-0.2, 0) is 6.54 Å². The lowest BCUT2D eigenvalue weighted by molar-refractivity contribution is 0.261. The van der Waals surface area contributed by atoms with E-state index < -0.39 is 0 Å². The zero-order valence-corrected chi connectivity index (χ0v) is 11.8. The standard InChI is InChI=1S/C18H22N2/c1-3-8-16(9-4-1)14-20-13-7-12-19-18(15-20)17-10-5-2-6-11-17/h1-6,8-11,18-19H,7,12-15H2. The number of benzene rings is 2. The van der Waals surface area contributed by atoms with E-state index in [1.54, 1.807) is 0 Å². The molecule has 1 unspecified atom stereocenters. The average molecular weight is 266 g/mol. The van der Waals surface area contributed by atoms with Crippen LogP contribution in [0.1, 0.15) is 23.6 Å². The van der Waals surface area contributed by atoms with Crippen molar-refractivity contribution in [2.45, 2.75) is 19.0 Å². The SMILES string of the molecule is c1ccc(CN2CCCNC(c3ccccc3)C2)cc1. The third-order valence-corrected chi connectivity index (χ3v) is 3.93. The van der Waals surface area contributed by atoms with Crippen LogP contribution in [0.4, 0.5) is 0 Å². The van der Waals surface area contributed by atoms with Crippen LogP contribution in [0.2, 0.25) is 0 Å². The molecule has 1 atom stereocenters. The Balaban J connectivity index is 1.69. The Kier molecular flexibility index (Phi) is 4.46. The van der Waals surface area contributed by atoms with Crippen molar-refractivity contribution in [3.8, 4) is 0 Å². The predicted octanol–water partition coefficient (Wildman–Crippen LogP) is 3.22. The summed E-state index contributed by atoms with van der Waals surface area (Å²) in [6.45, 7) is 4.40. The molecule has 0 bridgehead atoms. The van der Waals surface area contributed by atoms with Gasteiger partial charge < -0.3 is 5.32 Å². The molecule has 0 saturated carbocycles. The highest BCUT2D eigenvalue weighted by molar-refractivity contribution is 5.20. The Morgan fingerprint density at radius 3 is 2.40 bits per heavy atom. The summed E-state index contributed by atoms with van der Waals surface area (Å²) >= 11 is 0. The molecule has 0 amide bonds. The maximum Gasteiger partial charge on any atom is 0.0449 e. The zero-order valence-electron chi connectivity index (χ0n) is 11.8. The molecular weight excluding hydrogens is 244 g/mol. The Labute approximate surface area is 121 Å². The van der Waals surface area contributed by atoms with Gasteiger partial charge >= 0.3 is 0 Å². The first-order chi connectivity index (χ1) is 9.92. The second kappa shape index (κ2) is 6.69. The summed E-state index contributed by atoms with van der Waals surface area (Å²) in [5.74, 6) is 0. The second-order valence-corrected chi connectivity index (χ2v) is 5.49. The average Bonchev–Trinajstić information content (AvgIpc) is 2.75. The van der Waals surface area contributed by atoms with Gasteiger partial charge in [-0.3, -0.25) is 4.90 Å². The van der Waals surface area contributed by atoms with Crippen molar-refractivity contribution in [2.75, 3.05) is 19.6 Å². The van der Waals surface area contributed by atoms with Gasteiger partial charge in [0.05, 0.1) is 0 Å². The first kappa shape index (κ1) is 13.3. The number of rotatable bonds is 3. The van der Waals surface area contributed by atoms with E-state index in [0.29, 0.717) is 6.04 Å². The number of nitrogens with one attached hydrogen (secondary N) is 1. The maximum atomic E-state index is 3.67. The van der Waals surface area contributed by atoms with Crippen LogP contribution in [0.5, 0.6) is 0 Å². The van der Waals surface area contributed by atoms with Crippen LogP contribution < -0.4 is 5.32 Å². The predicted molar refractivity (Wildman–Crippen MR) is 83.5 cm³/mol. The largest absolute Gasteiger partial charge is 0.309 e. The van der Waals surface area contributed by atoms with Gasteiger partial charge in [-0.05, 0) is 30.6 Å². The van der Waals surface area contributed by atoms with Crippen LogP contribution in [0.25, 0.3) is 0 Å². The van der Waals surface area contributed by atoms with Crippen molar-refractivity contribution in [3.63, 3.8) is 0 Å². The molecule has 104 valence electrons. The molecule has 1 aliphatic rings. The van der Waals surface area contributed by atoms with Gasteiger partial charge in [-0.1, -0.05) is 60.7 Å². The number of nitrogens with zero attached hydrogens (tertiary/aromatic N) is 1. The van der Waals surface area contributed by atoms with Crippen molar-refractivity contribution in [1.82, 2.24) is 10.2 Å². The summed E-state index contributed by atoms with van der Waals surface area (Å²) in [5, 5.41) is 3.67. The normalized spacial score (nSPS) is 20.5. The third kappa shape index (κ3) is 3.47. The molecule has 3 rings (SSSR count). The van der Waals surface area contributed by atoms with E-state index in [4.69, 9.17) is 0 Å². The highest BCUT2D eigenvalue weighted by atomic mass is 15.2. The molecule has 2 aromatic rings. The molecule has 0 spiro atoms. The van der Waals surface area contributed by atoms with Crippen molar-refractivity contribution in [2.24, 2.45) is 0 Å². The van der Waals surface area contributed by atoms with Gasteiger partial charge in [0, 0.05) is 19.1 Å². The first-order valence-electron chi connectivity index (χ1n) is 7.46. The lowest BCUT2D eigenvalue weighted by atomic mass is 10.1. The van der Waals surface area contributed by atoms with E-state index in [-0.39, 0.29) is 0 Å². The zero-order chi connectivity index (χ0) is 13.6. The summed E-state index contributed by atoms with van der Waals surface area (Å²) in [6, 6.07) is 22.0. The number of hydrogen-bond donors (Lipinski definition) is 1. The van der Waals surface area contributed by atoms with Gasteiger partial charge in [-0.15, -0.1) is 0 Å². The Morgan fingerprint density at radius 1 is 0.950 bits per heavy atom. The van der Waals surface area contributed by atoms with Gasteiger partial charge in [0.1, 0.15) is 0 Å². The van der Waals surface area contributed by atoms with Crippen LogP contribution in [0.3, 0.4) is 0 Å². The second-order valence-electron chi connectivity index (χ2n) is 5.49. The Bertz CT molecular complexity index is 509. The third-order valence-electron chi connectivity index (χ3n) is 3.93.